The summed E-state index contributed by atoms with van der Waals surface area (Å²) in [6.45, 7) is 3.62. The molecule has 0 unspecified atom stereocenters. The number of ether oxygens (including phenoxy) is 2. The van der Waals surface area contributed by atoms with Crippen molar-refractivity contribution in [3.63, 3.8) is 0 Å². The second kappa shape index (κ2) is 7.15. The summed E-state index contributed by atoms with van der Waals surface area (Å²) < 4.78 is 11.4. The lowest BCUT2D eigenvalue weighted by molar-refractivity contribution is 0.122. The van der Waals surface area contributed by atoms with Crippen LogP contribution < -0.4 is 15.1 Å². The fourth-order valence-corrected chi connectivity index (χ4v) is 2.50. The first-order chi connectivity index (χ1) is 10.9. The van der Waals surface area contributed by atoms with Crippen LogP contribution in [0.3, 0.4) is 0 Å². The van der Waals surface area contributed by atoms with E-state index in [1.807, 2.05) is 48.5 Å². The van der Waals surface area contributed by atoms with Gasteiger partial charge in [0.1, 0.15) is 12.4 Å². The monoisotopic (exact) mass is 300 g/mol. The number of morpholine rings is 1. The quantitative estimate of drug-likeness (QED) is 0.832. The third kappa shape index (κ3) is 3.50. The van der Waals surface area contributed by atoms with Gasteiger partial charge in [-0.2, -0.15) is 0 Å². The molecule has 0 spiro atoms. The maximum atomic E-state index is 9.11. The molecular formula is C17H20N2O3. The lowest BCUT2D eigenvalue weighted by Crippen LogP contribution is -2.36. The SMILES string of the molecule is ONc1ccc(N2CCOCC2)c(OCc2ccccc2)c1. The van der Waals surface area contributed by atoms with E-state index in [0.29, 0.717) is 12.3 Å². The topological polar surface area (TPSA) is 54.0 Å². The van der Waals surface area contributed by atoms with Crippen LogP contribution in [-0.2, 0) is 11.3 Å². The molecule has 1 aliphatic rings. The maximum absolute atomic E-state index is 9.11. The molecule has 22 heavy (non-hydrogen) atoms. The van der Waals surface area contributed by atoms with Gasteiger partial charge in [-0.05, 0) is 17.7 Å². The molecule has 0 aromatic heterocycles. The van der Waals surface area contributed by atoms with Crippen LogP contribution in [0.5, 0.6) is 5.75 Å². The summed E-state index contributed by atoms with van der Waals surface area (Å²) in [5, 5.41) is 9.11. The Morgan fingerprint density at radius 1 is 1.09 bits per heavy atom. The molecule has 2 N–H and O–H groups in total. The Balaban J connectivity index is 1.80. The Hall–Kier alpha value is -2.24. The second-order valence-electron chi connectivity index (χ2n) is 5.17. The molecule has 3 rings (SSSR count). The molecule has 0 radical (unpaired) electrons. The third-order valence-corrected chi connectivity index (χ3v) is 3.68. The highest BCUT2D eigenvalue weighted by molar-refractivity contribution is 5.65. The molecule has 0 bridgehead atoms. The first-order valence-corrected chi connectivity index (χ1v) is 7.40. The minimum Gasteiger partial charge on any atom is -0.487 e. The van der Waals surface area contributed by atoms with Gasteiger partial charge in [0.05, 0.1) is 24.6 Å². The van der Waals surface area contributed by atoms with Gasteiger partial charge in [-0.25, -0.2) is 0 Å². The van der Waals surface area contributed by atoms with Crippen LogP contribution >= 0.6 is 0 Å². The Morgan fingerprint density at radius 2 is 1.86 bits per heavy atom. The molecule has 1 heterocycles. The predicted molar refractivity (Wildman–Crippen MR) is 85.7 cm³/mol. The first-order valence-electron chi connectivity index (χ1n) is 7.40. The number of hydrogen-bond acceptors (Lipinski definition) is 5. The fraction of sp³-hybridized carbons (Fsp3) is 0.294. The summed E-state index contributed by atoms with van der Waals surface area (Å²) in [6, 6.07) is 15.6. The van der Waals surface area contributed by atoms with E-state index in [1.165, 1.54) is 0 Å². The van der Waals surface area contributed by atoms with Crippen LogP contribution in [-0.4, -0.2) is 31.5 Å². The van der Waals surface area contributed by atoms with E-state index in [9.17, 15) is 0 Å². The average molecular weight is 300 g/mol. The molecule has 1 saturated heterocycles. The molecule has 0 aliphatic carbocycles. The molecule has 1 fully saturated rings. The zero-order valence-corrected chi connectivity index (χ0v) is 12.4. The standard InChI is InChI=1S/C17H20N2O3/c20-18-15-6-7-16(19-8-10-21-11-9-19)17(12-15)22-13-14-4-2-1-3-5-14/h1-7,12,18,20H,8-11,13H2. The highest BCUT2D eigenvalue weighted by Crippen LogP contribution is 2.32. The van der Waals surface area contributed by atoms with E-state index in [1.54, 1.807) is 0 Å². The van der Waals surface area contributed by atoms with Crippen molar-refractivity contribution in [1.29, 1.82) is 0 Å². The van der Waals surface area contributed by atoms with Crippen molar-refractivity contribution in [2.45, 2.75) is 6.61 Å². The van der Waals surface area contributed by atoms with Gasteiger partial charge in [0.2, 0.25) is 0 Å². The van der Waals surface area contributed by atoms with E-state index in [-0.39, 0.29) is 0 Å². The van der Waals surface area contributed by atoms with E-state index in [2.05, 4.69) is 10.4 Å². The van der Waals surface area contributed by atoms with Crippen molar-refractivity contribution in [1.82, 2.24) is 0 Å². The third-order valence-electron chi connectivity index (χ3n) is 3.68. The Kier molecular flexibility index (Phi) is 4.78. The fourth-order valence-electron chi connectivity index (χ4n) is 2.50. The van der Waals surface area contributed by atoms with Crippen LogP contribution in [0.4, 0.5) is 11.4 Å². The number of anilines is 2. The Bertz CT molecular complexity index is 598. The molecule has 0 atom stereocenters. The van der Waals surface area contributed by atoms with Crippen LogP contribution in [0.25, 0.3) is 0 Å². The Morgan fingerprint density at radius 3 is 2.59 bits per heavy atom. The van der Waals surface area contributed by atoms with Gasteiger partial charge in [-0.1, -0.05) is 30.3 Å². The summed E-state index contributed by atoms with van der Waals surface area (Å²) >= 11 is 0. The molecule has 0 amide bonds. The molecule has 1 aliphatic heterocycles. The van der Waals surface area contributed by atoms with Crippen molar-refractivity contribution < 1.29 is 14.7 Å². The van der Waals surface area contributed by atoms with E-state index in [0.717, 1.165) is 43.3 Å². The number of hydrogen-bond donors (Lipinski definition) is 2. The molecule has 2 aromatic carbocycles. The lowest BCUT2D eigenvalue weighted by Gasteiger charge is -2.30. The van der Waals surface area contributed by atoms with Gasteiger partial charge in [0.25, 0.3) is 0 Å². The summed E-state index contributed by atoms with van der Waals surface area (Å²) in [4.78, 5) is 2.24. The largest absolute Gasteiger partial charge is 0.487 e. The zero-order chi connectivity index (χ0) is 15.2. The Labute approximate surface area is 130 Å². The van der Waals surface area contributed by atoms with Crippen molar-refractivity contribution in [2.75, 3.05) is 36.7 Å². The van der Waals surface area contributed by atoms with Crippen molar-refractivity contribution in [3.8, 4) is 5.75 Å². The van der Waals surface area contributed by atoms with Gasteiger partial charge in [-0.15, -0.1) is 0 Å². The van der Waals surface area contributed by atoms with Crippen molar-refractivity contribution >= 4 is 11.4 Å². The summed E-state index contributed by atoms with van der Waals surface area (Å²) in [7, 11) is 0. The van der Waals surface area contributed by atoms with Crippen LogP contribution in [0.2, 0.25) is 0 Å². The van der Waals surface area contributed by atoms with E-state index in [4.69, 9.17) is 14.7 Å². The molecule has 116 valence electrons. The number of nitrogens with zero attached hydrogens (tertiary/aromatic N) is 1. The van der Waals surface area contributed by atoms with Gasteiger partial charge in [0, 0.05) is 19.2 Å². The summed E-state index contributed by atoms with van der Waals surface area (Å²) in [6.07, 6.45) is 0. The smallest absolute Gasteiger partial charge is 0.145 e. The normalized spacial score (nSPS) is 14.7. The number of benzene rings is 2. The highest BCUT2D eigenvalue weighted by atomic mass is 16.5. The van der Waals surface area contributed by atoms with Crippen LogP contribution in [0.1, 0.15) is 5.56 Å². The number of rotatable bonds is 5. The van der Waals surface area contributed by atoms with Crippen molar-refractivity contribution in [3.05, 3.63) is 54.1 Å². The van der Waals surface area contributed by atoms with Crippen LogP contribution in [0, 0.1) is 0 Å². The van der Waals surface area contributed by atoms with Gasteiger partial charge >= 0.3 is 0 Å². The van der Waals surface area contributed by atoms with Crippen LogP contribution in [0.15, 0.2) is 48.5 Å². The molecular weight excluding hydrogens is 280 g/mol. The molecule has 0 saturated carbocycles. The molecule has 5 heteroatoms. The average Bonchev–Trinajstić information content (AvgIpc) is 2.61. The van der Waals surface area contributed by atoms with Gasteiger partial charge < -0.3 is 14.4 Å². The minimum absolute atomic E-state index is 0.493. The first kappa shape index (κ1) is 14.7. The highest BCUT2D eigenvalue weighted by Gasteiger charge is 2.16. The van der Waals surface area contributed by atoms with Gasteiger partial charge in [-0.3, -0.25) is 10.7 Å². The summed E-state index contributed by atoms with van der Waals surface area (Å²) in [5.41, 5.74) is 4.92. The number of nitrogens with one attached hydrogen (secondary N) is 1. The zero-order valence-electron chi connectivity index (χ0n) is 12.4. The summed E-state index contributed by atoms with van der Waals surface area (Å²) in [5.74, 6) is 0.754. The molecule has 5 nitrogen and oxygen atoms in total. The van der Waals surface area contributed by atoms with E-state index >= 15 is 0 Å². The minimum atomic E-state index is 0.493. The van der Waals surface area contributed by atoms with Gasteiger partial charge in [0.15, 0.2) is 0 Å². The predicted octanol–water partition coefficient (Wildman–Crippen LogP) is 2.90. The maximum Gasteiger partial charge on any atom is 0.145 e. The lowest BCUT2D eigenvalue weighted by atomic mass is 10.2. The molecule has 2 aromatic rings. The van der Waals surface area contributed by atoms with Crippen molar-refractivity contribution in [2.24, 2.45) is 0 Å². The second-order valence-corrected chi connectivity index (χ2v) is 5.17. The van der Waals surface area contributed by atoms with E-state index < -0.39 is 0 Å².